The summed E-state index contributed by atoms with van der Waals surface area (Å²) in [6, 6.07) is 5.05. The highest BCUT2D eigenvalue weighted by Crippen LogP contribution is 2.25. The maximum Gasteiger partial charge on any atom is 0.0605 e. The van der Waals surface area contributed by atoms with Gasteiger partial charge in [-0.25, -0.2) is 0 Å². The molecule has 2 heterocycles. The first-order valence-corrected chi connectivity index (χ1v) is 5.62. The molecule has 2 unspecified atom stereocenters. The summed E-state index contributed by atoms with van der Waals surface area (Å²) in [6.07, 6.45) is 4.01. The molecule has 0 spiro atoms. The summed E-state index contributed by atoms with van der Waals surface area (Å²) in [5.74, 6) is 0. The van der Waals surface area contributed by atoms with Crippen molar-refractivity contribution in [2.75, 3.05) is 11.4 Å². The van der Waals surface area contributed by atoms with E-state index in [1.807, 2.05) is 12.3 Å². The van der Waals surface area contributed by atoms with E-state index in [9.17, 15) is 0 Å². The minimum Gasteiger partial charge on any atom is -0.367 e. The molecule has 2 N–H and O–H groups in total. The molecule has 0 saturated carbocycles. The molecule has 82 valence electrons. The lowest BCUT2D eigenvalue weighted by Gasteiger charge is -2.38. The van der Waals surface area contributed by atoms with E-state index >= 15 is 0 Å². The second-order valence-corrected chi connectivity index (χ2v) is 4.43. The Morgan fingerprint density at radius 2 is 2.33 bits per heavy atom. The van der Waals surface area contributed by atoms with Gasteiger partial charge in [-0.15, -0.1) is 0 Å². The van der Waals surface area contributed by atoms with Gasteiger partial charge in [-0.3, -0.25) is 4.98 Å². The van der Waals surface area contributed by atoms with Gasteiger partial charge in [0.2, 0.25) is 0 Å². The Bertz CT molecular complexity index is 337. The van der Waals surface area contributed by atoms with Gasteiger partial charge in [0, 0.05) is 24.8 Å². The van der Waals surface area contributed by atoms with Gasteiger partial charge in [-0.1, -0.05) is 0 Å². The van der Waals surface area contributed by atoms with Crippen molar-refractivity contribution in [3.63, 3.8) is 0 Å². The summed E-state index contributed by atoms with van der Waals surface area (Å²) in [7, 11) is 0. The van der Waals surface area contributed by atoms with Gasteiger partial charge >= 0.3 is 0 Å². The van der Waals surface area contributed by atoms with Gasteiger partial charge in [0.05, 0.1) is 11.4 Å². The maximum atomic E-state index is 5.96. The predicted octanol–water partition coefficient (Wildman–Crippen LogP) is 1.71. The molecule has 1 aliphatic rings. The van der Waals surface area contributed by atoms with Gasteiger partial charge in [0.1, 0.15) is 0 Å². The number of aromatic nitrogens is 1. The van der Waals surface area contributed by atoms with E-state index in [1.165, 1.54) is 5.69 Å². The van der Waals surface area contributed by atoms with E-state index in [-0.39, 0.29) is 0 Å². The van der Waals surface area contributed by atoms with E-state index in [1.54, 1.807) is 0 Å². The molecule has 2 rings (SSSR count). The van der Waals surface area contributed by atoms with Crippen molar-refractivity contribution < 1.29 is 0 Å². The molecular weight excluding hydrogens is 186 g/mol. The normalized spacial score (nSPS) is 26.7. The van der Waals surface area contributed by atoms with Crippen LogP contribution in [-0.4, -0.2) is 23.6 Å². The minimum atomic E-state index is 0.369. The Hall–Kier alpha value is -1.09. The van der Waals surface area contributed by atoms with Crippen molar-refractivity contribution >= 4 is 5.69 Å². The van der Waals surface area contributed by atoms with Crippen LogP contribution >= 0.6 is 0 Å². The third-order valence-electron chi connectivity index (χ3n) is 3.21. The number of nitrogens with two attached hydrogens (primary N) is 1. The molecule has 0 amide bonds. The summed E-state index contributed by atoms with van der Waals surface area (Å²) < 4.78 is 0. The summed E-state index contributed by atoms with van der Waals surface area (Å²) in [6.45, 7) is 5.36. The number of rotatable bonds is 1. The van der Waals surface area contributed by atoms with Crippen molar-refractivity contribution in [2.24, 2.45) is 5.73 Å². The summed E-state index contributed by atoms with van der Waals surface area (Å²) in [5.41, 5.74) is 8.33. The molecule has 1 aromatic heterocycles. The Morgan fingerprint density at radius 3 is 3.00 bits per heavy atom. The number of aryl methyl sites for hydroxylation is 1. The summed E-state index contributed by atoms with van der Waals surface area (Å²) >= 11 is 0. The number of pyridine rings is 1. The summed E-state index contributed by atoms with van der Waals surface area (Å²) in [5, 5.41) is 0. The van der Waals surface area contributed by atoms with Gasteiger partial charge in [0.15, 0.2) is 0 Å². The number of piperidine rings is 1. The molecule has 1 saturated heterocycles. The van der Waals surface area contributed by atoms with Crippen LogP contribution in [-0.2, 0) is 0 Å². The van der Waals surface area contributed by atoms with E-state index in [2.05, 4.69) is 29.8 Å². The van der Waals surface area contributed by atoms with Crippen LogP contribution in [0.3, 0.4) is 0 Å². The van der Waals surface area contributed by atoms with Crippen LogP contribution in [0.15, 0.2) is 18.3 Å². The van der Waals surface area contributed by atoms with Crippen molar-refractivity contribution in [3.8, 4) is 0 Å². The number of anilines is 1. The first kappa shape index (κ1) is 10.4. The maximum absolute atomic E-state index is 5.96. The molecule has 0 radical (unpaired) electrons. The van der Waals surface area contributed by atoms with Crippen LogP contribution in [0.5, 0.6) is 0 Å². The first-order valence-electron chi connectivity index (χ1n) is 5.62. The lowest BCUT2D eigenvalue weighted by Crippen LogP contribution is -2.45. The Kier molecular flexibility index (Phi) is 2.91. The molecule has 0 aliphatic carbocycles. The van der Waals surface area contributed by atoms with Crippen LogP contribution in [0, 0.1) is 6.92 Å². The van der Waals surface area contributed by atoms with Crippen molar-refractivity contribution in [1.82, 2.24) is 4.98 Å². The topological polar surface area (TPSA) is 42.2 Å². The molecule has 1 fully saturated rings. The third-order valence-corrected chi connectivity index (χ3v) is 3.21. The smallest absolute Gasteiger partial charge is 0.0605 e. The third kappa shape index (κ3) is 2.12. The van der Waals surface area contributed by atoms with Crippen LogP contribution in [0.2, 0.25) is 0 Å². The molecule has 1 aromatic rings. The second-order valence-electron chi connectivity index (χ2n) is 4.43. The molecular formula is C12H19N3. The Morgan fingerprint density at radius 1 is 1.53 bits per heavy atom. The zero-order valence-electron chi connectivity index (χ0n) is 9.48. The predicted molar refractivity (Wildman–Crippen MR) is 63.0 cm³/mol. The monoisotopic (exact) mass is 205 g/mol. The van der Waals surface area contributed by atoms with Gasteiger partial charge in [0.25, 0.3) is 0 Å². The fourth-order valence-electron chi connectivity index (χ4n) is 2.35. The van der Waals surface area contributed by atoms with Crippen molar-refractivity contribution in [2.45, 2.75) is 38.8 Å². The SMILES string of the molecule is Cc1ncccc1N1CCC(N)CC1C. The van der Waals surface area contributed by atoms with E-state index in [0.717, 1.165) is 25.1 Å². The van der Waals surface area contributed by atoms with Crippen LogP contribution in [0.25, 0.3) is 0 Å². The highest BCUT2D eigenvalue weighted by Gasteiger charge is 2.24. The number of hydrogen-bond acceptors (Lipinski definition) is 3. The minimum absolute atomic E-state index is 0.369. The molecule has 15 heavy (non-hydrogen) atoms. The molecule has 0 aromatic carbocycles. The summed E-state index contributed by atoms with van der Waals surface area (Å²) in [4.78, 5) is 6.76. The van der Waals surface area contributed by atoms with Crippen molar-refractivity contribution in [3.05, 3.63) is 24.0 Å². The first-order chi connectivity index (χ1) is 7.18. The lowest BCUT2D eigenvalue weighted by molar-refractivity contribution is 0.429. The highest BCUT2D eigenvalue weighted by atomic mass is 15.2. The van der Waals surface area contributed by atoms with Crippen LogP contribution < -0.4 is 10.6 Å². The Labute approximate surface area is 91.3 Å². The largest absolute Gasteiger partial charge is 0.367 e. The quantitative estimate of drug-likeness (QED) is 0.759. The average molecular weight is 205 g/mol. The van der Waals surface area contributed by atoms with E-state index in [4.69, 9.17) is 5.73 Å². The molecule has 3 heteroatoms. The molecule has 3 nitrogen and oxygen atoms in total. The van der Waals surface area contributed by atoms with Gasteiger partial charge < -0.3 is 10.6 Å². The fraction of sp³-hybridized carbons (Fsp3) is 0.583. The highest BCUT2D eigenvalue weighted by molar-refractivity contribution is 5.51. The van der Waals surface area contributed by atoms with Crippen LogP contribution in [0.4, 0.5) is 5.69 Å². The second kappa shape index (κ2) is 4.19. The van der Waals surface area contributed by atoms with E-state index < -0.39 is 0 Å². The van der Waals surface area contributed by atoms with Crippen molar-refractivity contribution in [1.29, 1.82) is 0 Å². The number of nitrogens with zero attached hydrogens (tertiary/aromatic N) is 2. The number of hydrogen-bond donors (Lipinski definition) is 1. The zero-order chi connectivity index (χ0) is 10.8. The molecule has 1 aliphatic heterocycles. The zero-order valence-corrected chi connectivity index (χ0v) is 9.48. The van der Waals surface area contributed by atoms with Crippen LogP contribution in [0.1, 0.15) is 25.5 Å². The van der Waals surface area contributed by atoms with Gasteiger partial charge in [-0.05, 0) is 38.8 Å². The Balaban J connectivity index is 2.20. The van der Waals surface area contributed by atoms with Gasteiger partial charge in [-0.2, -0.15) is 0 Å². The van der Waals surface area contributed by atoms with E-state index in [0.29, 0.717) is 12.1 Å². The fourth-order valence-corrected chi connectivity index (χ4v) is 2.35. The average Bonchev–Trinajstić information content (AvgIpc) is 2.20. The standard InChI is InChI=1S/C12H19N3/c1-9-8-11(13)5-7-15(9)12-4-3-6-14-10(12)2/h3-4,6,9,11H,5,7-8,13H2,1-2H3. The molecule has 0 bridgehead atoms. The molecule has 2 atom stereocenters. The lowest BCUT2D eigenvalue weighted by atomic mass is 9.98.